The zero-order valence-corrected chi connectivity index (χ0v) is 12.8. The van der Waals surface area contributed by atoms with Crippen molar-refractivity contribution < 1.29 is 13.2 Å². The van der Waals surface area contributed by atoms with Crippen LogP contribution in [0.3, 0.4) is 0 Å². The van der Waals surface area contributed by atoms with Crippen LogP contribution in [0.5, 0.6) is 0 Å². The molecule has 0 aromatic carbocycles. The van der Waals surface area contributed by atoms with Crippen LogP contribution in [0.2, 0.25) is 0 Å². The molecular formula is C13H23N3O3S. The normalized spacial score (nSPS) is 17.3. The molecule has 1 aliphatic rings. The van der Waals surface area contributed by atoms with Gasteiger partial charge in [-0.3, -0.25) is 0 Å². The van der Waals surface area contributed by atoms with E-state index in [0.717, 1.165) is 5.69 Å². The zero-order chi connectivity index (χ0) is 14.6. The third-order valence-corrected chi connectivity index (χ3v) is 4.68. The molecule has 114 valence electrons. The highest BCUT2D eigenvalue weighted by Gasteiger charge is 2.22. The first kappa shape index (κ1) is 15.5. The van der Waals surface area contributed by atoms with E-state index in [2.05, 4.69) is 15.0 Å². The Morgan fingerprint density at radius 3 is 2.90 bits per heavy atom. The van der Waals surface area contributed by atoms with Gasteiger partial charge < -0.3 is 15.0 Å². The Labute approximate surface area is 120 Å². The first-order valence-corrected chi connectivity index (χ1v) is 8.50. The second-order valence-electron chi connectivity index (χ2n) is 5.20. The predicted octanol–water partition coefficient (Wildman–Crippen LogP) is 0.970. The summed E-state index contributed by atoms with van der Waals surface area (Å²) < 4.78 is 32.1. The quantitative estimate of drug-likeness (QED) is 0.634. The monoisotopic (exact) mass is 301 g/mol. The minimum Gasteiger partial charge on any atom is -0.380 e. The number of ether oxygens (including phenoxy) is 1. The van der Waals surface area contributed by atoms with Gasteiger partial charge in [0.1, 0.15) is 0 Å². The fourth-order valence-corrected chi connectivity index (χ4v) is 3.12. The standard InChI is InChI=1S/C13H23N3O3S/c1-3-19-9-10(2)16-20(17,18)13-6-12(15-8-13)7-14-11-4-5-11/h6,8,10-11,14-16H,3-5,7,9H2,1-2H3. The Morgan fingerprint density at radius 2 is 2.25 bits per heavy atom. The Bertz CT molecular complexity index is 523. The SMILES string of the molecule is CCOCC(C)NS(=O)(=O)c1c[nH]c(CNC2CC2)c1. The second kappa shape index (κ2) is 6.71. The number of rotatable bonds is 9. The number of hydrogen-bond donors (Lipinski definition) is 3. The summed E-state index contributed by atoms with van der Waals surface area (Å²) in [5.41, 5.74) is 0.884. The maximum atomic E-state index is 12.2. The van der Waals surface area contributed by atoms with Crippen LogP contribution in [0.15, 0.2) is 17.2 Å². The molecule has 0 amide bonds. The highest BCUT2D eigenvalue weighted by atomic mass is 32.2. The van der Waals surface area contributed by atoms with Crippen LogP contribution in [0.25, 0.3) is 0 Å². The topological polar surface area (TPSA) is 83.2 Å². The molecule has 7 heteroatoms. The first-order chi connectivity index (χ1) is 9.51. The molecule has 1 aromatic heterocycles. The van der Waals surface area contributed by atoms with Crippen LogP contribution in [0, 0.1) is 0 Å². The van der Waals surface area contributed by atoms with Crippen molar-refractivity contribution in [3.05, 3.63) is 18.0 Å². The number of nitrogens with one attached hydrogen (secondary N) is 3. The number of sulfonamides is 1. The van der Waals surface area contributed by atoms with Crippen molar-refractivity contribution in [3.8, 4) is 0 Å². The van der Waals surface area contributed by atoms with Crippen LogP contribution in [-0.2, 0) is 21.3 Å². The summed E-state index contributed by atoms with van der Waals surface area (Å²) in [4.78, 5) is 3.27. The average molecular weight is 301 g/mol. The molecule has 0 aliphatic heterocycles. The predicted molar refractivity (Wildman–Crippen MR) is 76.9 cm³/mol. The van der Waals surface area contributed by atoms with Crippen molar-refractivity contribution in [3.63, 3.8) is 0 Å². The molecule has 20 heavy (non-hydrogen) atoms. The smallest absolute Gasteiger partial charge is 0.242 e. The van der Waals surface area contributed by atoms with E-state index >= 15 is 0 Å². The van der Waals surface area contributed by atoms with Gasteiger partial charge in [-0.2, -0.15) is 0 Å². The summed E-state index contributed by atoms with van der Waals surface area (Å²) in [6, 6.07) is 2.02. The van der Waals surface area contributed by atoms with E-state index in [-0.39, 0.29) is 10.9 Å². The third kappa shape index (κ3) is 4.59. The Morgan fingerprint density at radius 1 is 1.50 bits per heavy atom. The summed E-state index contributed by atoms with van der Waals surface area (Å²) in [5, 5.41) is 3.34. The largest absolute Gasteiger partial charge is 0.380 e. The minimum atomic E-state index is -3.48. The molecule has 0 bridgehead atoms. The summed E-state index contributed by atoms with van der Waals surface area (Å²) in [6.45, 7) is 5.29. The summed E-state index contributed by atoms with van der Waals surface area (Å²) in [7, 11) is -3.48. The van der Waals surface area contributed by atoms with Gasteiger partial charge in [0.15, 0.2) is 0 Å². The summed E-state index contributed by atoms with van der Waals surface area (Å²) in [6.07, 6.45) is 3.95. The Hall–Kier alpha value is -0.890. The van der Waals surface area contributed by atoms with Crippen LogP contribution in [0.4, 0.5) is 0 Å². The molecule has 1 aromatic rings. The van der Waals surface area contributed by atoms with Gasteiger partial charge in [0.2, 0.25) is 10.0 Å². The van der Waals surface area contributed by atoms with E-state index in [0.29, 0.717) is 25.8 Å². The number of H-pyrrole nitrogens is 1. The number of aromatic nitrogens is 1. The summed E-state index contributed by atoms with van der Waals surface area (Å²) >= 11 is 0. The van der Waals surface area contributed by atoms with E-state index in [1.165, 1.54) is 19.0 Å². The minimum absolute atomic E-state index is 0.247. The molecule has 2 rings (SSSR count). The van der Waals surface area contributed by atoms with E-state index in [1.807, 2.05) is 6.92 Å². The maximum Gasteiger partial charge on any atom is 0.242 e. The van der Waals surface area contributed by atoms with Gasteiger partial charge in [-0.25, -0.2) is 13.1 Å². The van der Waals surface area contributed by atoms with E-state index < -0.39 is 10.0 Å². The zero-order valence-electron chi connectivity index (χ0n) is 12.0. The molecule has 1 heterocycles. The lowest BCUT2D eigenvalue weighted by molar-refractivity contribution is 0.133. The number of hydrogen-bond acceptors (Lipinski definition) is 4. The van der Waals surface area contributed by atoms with Crippen LogP contribution in [0.1, 0.15) is 32.4 Å². The van der Waals surface area contributed by atoms with Crippen molar-refractivity contribution >= 4 is 10.0 Å². The van der Waals surface area contributed by atoms with E-state index in [9.17, 15) is 8.42 Å². The molecule has 0 saturated heterocycles. The molecule has 1 saturated carbocycles. The fraction of sp³-hybridized carbons (Fsp3) is 0.692. The van der Waals surface area contributed by atoms with Crippen molar-refractivity contribution in [2.45, 2.75) is 50.2 Å². The van der Waals surface area contributed by atoms with Gasteiger partial charge in [0.25, 0.3) is 0 Å². The molecular weight excluding hydrogens is 278 g/mol. The highest BCUT2D eigenvalue weighted by molar-refractivity contribution is 7.89. The van der Waals surface area contributed by atoms with Gasteiger partial charge in [-0.05, 0) is 32.8 Å². The van der Waals surface area contributed by atoms with Gasteiger partial charge in [0, 0.05) is 37.1 Å². The van der Waals surface area contributed by atoms with Gasteiger partial charge in [-0.1, -0.05) is 0 Å². The molecule has 0 radical (unpaired) electrons. The van der Waals surface area contributed by atoms with Gasteiger partial charge in [-0.15, -0.1) is 0 Å². The Balaban J connectivity index is 1.90. The molecule has 3 N–H and O–H groups in total. The molecule has 1 unspecified atom stereocenters. The van der Waals surface area contributed by atoms with E-state index in [4.69, 9.17) is 4.74 Å². The van der Waals surface area contributed by atoms with E-state index in [1.54, 1.807) is 13.0 Å². The van der Waals surface area contributed by atoms with Crippen LogP contribution in [-0.4, -0.2) is 38.7 Å². The molecule has 6 nitrogen and oxygen atoms in total. The lowest BCUT2D eigenvalue weighted by atomic mass is 10.4. The van der Waals surface area contributed by atoms with Crippen molar-refractivity contribution in [1.29, 1.82) is 0 Å². The molecule has 1 atom stereocenters. The Kier molecular flexibility index (Phi) is 5.20. The van der Waals surface area contributed by atoms with Crippen molar-refractivity contribution in [2.24, 2.45) is 0 Å². The summed E-state index contributed by atoms with van der Waals surface area (Å²) in [5.74, 6) is 0. The third-order valence-electron chi connectivity index (χ3n) is 3.11. The fourth-order valence-electron chi connectivity index (χ4n) is 1.88. The van der Waals surface area contributed by atoms with Crippen LogP contribution >= 0.6 is 0 Å². The van der Waals surface area contributed by atoms with Gasteiger partial charge in [0.05, 0.1) is 11.5 Å². The van der Waals surface area contributed by atoms with Crippen LogP contribution < -0.4 is 10.0 Å². The first-order valence-electron chi connectivity index (χ1n) is 7.02. The maximum absolute atomic E-state index is 12.2. The van der Waals surface area contributed by atoms with Gasteiger partial charge >= 0.3 is 0 Å². The van der Waals surface area contributed by atoms with Crippen molar-refractivity contribution in [2.75, 3.05) is 13.2 Å². The molecule has 0 spiro atoms. The molecule has 1 fully saturated rings. The lowest BCUT2D eigenvalue weighted by Crippen LogP contribution is -2.35. The highest BCUT2D eigenvalue weighted by Crippen LogP contribution is 2.19. The second-order valence-corrected chi connectivity index (χ2v) is 6.91. The average Bonchev–Trinajstić information content (AvgIpc) is 3.09. The number of aromatic amines is 1. The van der Waals surface area contributed by atoms with Crippen molar-refractivity contribution in [1.82, 2.24) is 15.0 Å². The molecule has 1 aliphatic carbocycles. The lowest BCUT2D eigenvalue weighted by Gasteiger charge is -2.12.